The molecule has 0 saturated carbocycles. The van der Waals surface area contributed by atoms with E-state index in [2.05, 4.69) is 26.1 Å². The molecule has 1 aromatic heterocycles. The Bertz CT molecular complexity index is 404. The Hall–Kier alpha value is -1.00. The lowest BCUT2D eigenvalue weighted by molar-refractivity contribution is 0.185. The number of hydrogen-bond donors (Lipinski definition) is 1. The summed E-state index contributed by atoms with van der Waals surface area (Å²) in [5.41, 5.74) is 3.55. The zero-order valence-corrected chi connectivity index (χ0v) is 12.5. The third-order valence-corrected chi connectivity index (χ3v) is 3.87. The number of likely N-dealkylation sites (N-methyl/N-ethyl adjacent to an activating group) is 1. The van der Waals surface area contributed by atoms with Crippen molar-refractivity contribution in [3.8, 4) is 0 Å². The second kappa shape index (κ2) is 6.44. The average molecular weight is 263 g/mol. The number of ether oxygens (including phenoxy) is 1. The van der Waals surface area contributed by atoms with Gasteiger partial charge in [-0.15, -0.1) is 0 Å². The molecule has 2 atom stereocenters. The topological polar surface area (TPSA) is 47.0 Å². The fraction of sp³-hybridized carbons (Fsp3) is 0.733. The van der Waals surface area contributed by atoms with Crippen LogP contribution in [-0.4, -0.2) is 36.8 Å². The maximum atomic E-state index is 5.42. The van der Waals surface area contributed by atoms with Gasteiger partial charge < -0.3 is 10.1 Å². The minimum Gasteiger partial charge on any atom is -0.381 e. The minimum absolute atomic E-state index is 0.453. The molecular formula is C15H25N3O. The van der Waals surface area contributed by atoms with E-state index in [4.69, 9.17) is 14.7 Å². The van der Waals surface area contributed by atoms with Gasteiger partial charge in [0.25, 0.3) is 0 Å². The summed E-state index contributed by atoms with van der Waals surface area (Å²) in [6.45, 7) is 9.13. The summed E-state index contributed by atoms with van der Waals surface area (Å²) < 4.78 is 5.42. The zero-order chi connectivity index (χ0) is 13.8. The molecule has 1 aliphatic rings. The molecule has 2 unspecified atom stereocenters. The molecule has 4 heteroatoms. The van der Waals surface area contributed by atoms with Crippen LogP contribution in [0.25, 0.3) is 0 Å². The van der Waals surface area contributed by atoms with Crippen LogP contribution < -0.4 is 5.32 Å². The molecule has 1 aliphatic heterocycles. The Kier molecular flexibility index (Phi) is 4.88. The summed E-state index contributed by atoms with van der Waals surface area (Å²) in [6, 6.07) is 0. The number of nitrogens with one attached hydrogen (secondary N) is 1. The molecular weight excluding hydrogens is 238 g/mol. The molecule has 0 spiro atoms. The van der Waals surface area contributed by atoms with E-state index in [0.29, 0.717) is 11.8 Å². The maximum absolute atomic E-state index is 5.42. The van der Waals surface area contributed by atoms with E-state index in [0.717, 1.165) is 49.8 Å². The van der Waals surface area contributed by atoms with Crippen molar-refractivity contribution in [1.82, 2.24) is 15.3 Å². The van der Waals surface area contributed by atoms with E-state index in [1.54, 1.807) is 0 Å². The molecule has 1 N–H and O–H groups in total. The Morgan fingerprint density at radius 2 is 2.00 bits per heavy atom. The Morgan fingerprint density at radius 1 is 1.32 bits per heavy atom. The molecule has 0 radical (unpaired) electrons. The van der Waals surface area contributed by atoms with E-state index in [-0.39, 0.29) is 0 Å². The highest BCUT2D eigenvalue weighted by Crippen LogP contribution is 2.22. The number of hydrogen-bond acceptors (Lipinski definition) is 4. The normalized spacial score (nSPS) is 20.7. The molecule has 2 rings (SSSR count). The van der Waals surface area contributed by atoms with Gasteiger partial charge in [0.2, 0.25) is 0 Å². The molecule has 106 valence electrons. The van der Waals surface area contributed by atoms with Crippen LogP contribution in [-0.2, 0) is 11.2 Å². The average Bonchev–Trinajstić information content (AvgIpc) is 2.81. The van der Waals surface area contributed by atoms with E-state index >= 15 is 0 Å². The van der Waals surface area contributed by atoms with Crippen molar-refractivity contribution >= 4 is 0 Å². The summed E-state index contributed by atoms with van der Waals surface area (Å²) in [5, 5.41) is 3.22. The van der Waals surface area contributed by atoms with Crippen LogP contribution in [0.2, 0.25) is 0 Å². The first-order chi connectivity index (χ1) is 9.11. The quantitative estimate of drug-likeness (QED) is 0.882. The van der Waals surface area contributed by atoms with Crippen molar-refractivity contribution < 1.29 is 4.74 Å². The Morgan fingerprint density at radius 3 is 2.53 bits per heavy atom. The van der Waals surface area contributed by atoms with Crippen molar-refractivity contribution in [2.75, 3.05) is 26.8 Å². The molecule has 1 saturated heterocycles. The Balaban J connectivity index is 2.15. The number of aryl methyl sites for hydroxylation is 2. The van der Waals surface area contributed by atoms with E-state index in [9.17, 15) is 0 Å². The van der Waals surface area contributed by atoms with Gasteiger partial charge in [-0.25, -0.2) is 9.97 Å². The van der Waals surface area contributed by atoms with Gasteiger partial charge in [0.15, 0.2) is 0 Å². The van der Waals surface area contributed by atoms with Gasteiger partial charge in [-0.3, -0.25) is 0 Å². The van der Waals surface area contributed by atoms with Gasteiger partial charge in [-0.1, -0.05) is 6.92 Å². The first-order valence-corrected chi connectivity index (χ1v) is 7.18. The van der Waals surface area contributed by atoms with E-state index in [1.807, 2.05) is 7.05 Å². The third kappa shape index (κ3) is 3.51. The molecule has 0 bridgehead atoms. The van der Waals surface area contributed by atoms with Crippen LogP contribution in [0.5, 0.6) is 0 Å². The first kappa shape index (κ1) is 14.4. The summed E-state index contributed by atoms with van der Waals surface area (Å²) in [7, 11) is 1.98. The van der Waals surface area contributed by atoms with E-state index in [1.165, 1.54) is 5.56 Å². The predicted molar refractivity (Wildman–Crippen MR) is 76.5 cm³/mol. The van der Waals surface area contributed by atoms with Crippen LogP contribution in [0.3, 0.4) is 0 Å². The van der Waals surface area contributed by atoms with Crippen LogP contribution >= 0.6 is 0 Å². The molecule has 2 heterocycles. The number of aromatic nitrogens is 2. The van der Waals surface area contributed by atoms with Gasteiger partial charge in [0, 0.05) is 37.6 Å². The van der Waals surface area contributed by atoms with Crippen molar-refractivity contribution in [3.63, 3.8) is 0 Å². The highest BCUT2D eigenvalue weighted by molar-refractivity contribution is 5.28. The van der Waals surface area contributed by atoms with Gasteiger partial charge in [0.1, 0.15) is 5.82 Å². The molecule has 0 amide bonds. The minimum atomic E-state index is 0.453. The maximum Gasteiger partial charge on any atom is 0.129 e. The van der Waals surface area contributed by atoms with Crippen molar-refractivity contribution in [2.24, 2.45) is 5.92 Å². The monoisotopic (exact) mass is 263 g/mol. The highest BCUT2D eigenvalue weighted by atomic mass is 16.5. The summed E-state index contributed by atoms with van der Waals surface area (Å²) in [5.74, 6) is 2.03. The van der Waals surface area contributed by atoms with E-state index < -0.39 is 0 Å². The lowest BCUT2D eigenvalue weighted by atomic mass is 9.97. The summed E-state index contributed by atoms with van der Waals surface area (Å²) in [4.78, 5) is 9.41. The fourth-order valence-electron chi connectivity index (χ4n) is 3.01. The number of nitrogens with zero attached hydrogens (tertiary/aromatic N) is 2. The second-order valence-electron chi connectivity index (χ2n) is 5.62. The van der Waals surface area contributed by atoms with Crippen LogP contribution in [0.1, 0.15) is 42.0 Å². The molecule has 19 heavy (non-hydrogen) atoms. The van der Waals surface area contributed by atoms with Crippen LogP contribution in [0.4, 0.5) is 0 Å². The third-order valence-electron chi connectivity index (χ3n) is 3.87. The fourth-order valence-corrected chi connectivity index (χ4v) is 3.01. The zero-order valence-electron chi connectivity index (χ0n) is 12.5. The molecule has 0 aliphatic carbocycles. The Labute approximate surface area is 116 Å². The van der Waals surface area contributed by atoms with Crippen molar-refractivity contribution in [2.45, 2.75) is 39.5 Å². The highest BCUT2D eigenvalue weighted by Gasteiger charge is 2.19. The van der Waals surface area contributed by atoms with Gasteiger partial charge in [-0.2, -0.15) is 0 Å². The lowest BCUT2D eigenvalue weighted by Crippen LogP contribution is -2.19. The molecule has 4 nitrogen and oxygen atoms in total. The SMILES string of the molecule is CNCC(C)c1c(C)nc(CC2CCOC2)nc1C. The summed E-state index contributed by atoms with van der Waals surface area (Å²) >= 11 is 0. The van der Waals surface area contributed by atoms with Gasteiger partial charge in [0.05, 0.1) is 0 Å². The first-order valence-electron chi connectivity index (χ1n) is 7.18. The van der Waals surface area contributed by atoms with Crippen LogP contribution in [0.15, 0.2) is 0 Å². The standard InChI is InChI=1S/C15H25N3O/c1-10(8-16-4)15-11(2)17-14(18-12(15)3)7-13-5-6-19-9-13/h10,13,16H,5-9H2,1-4H3. The lowest BCUT2D eigenvalue weighted by Gasteiger charge is -2.17. The second-order valence-corrected chi connectivity index (χ2v) is 5.62. The largest absolute Gasteiger partial charge is 0.381 e. The molecule has 0 aromatic carbocycles. The van der Waals surface area contributed by atoms with Gasteiger partial charge in [-0.05, 0) is 44.7 Å². The molecule has 1 fully saturated rings. The smallest absolute Gasteiger partial charge is 0.129 e. The predicted octanol–water partition coefficient (Wildman–Crippen LogP) is 2.00. The van der Waals surface area contributed by atoms with Crippen molar-refractivity contribution in [1.29, 1.82) is 0 Å². The van der Waals surface area contributed by atoms with Gasteiger partial charge >= 0.3 is 0 Å². The van der Waals surface area contributed by atoms with Crippen molar-refractivity contribution in [3.05, 3.63) is 22.8 Å². The number of rotatable bonds is 5. The summed E-state index contributed by atoms with van der Waals surface area (Å²) in [6.07, 6.45) is 2.09. The van der Waals surface area contributed by atoms with Crippen LogP contribution in [0, 0.1) is 19.8 Å². The molecule has 1 aromatic rings.